The molecule has 0 saturated heterocycles. The molecular weight excluding hydrogens is 204 g/mol. The lowest BCUT2D eigenvalue weighted by Crippen LogP contribution is -2.11. The normalized spacial score (nSPS) is 12.2. The molecule has 0 heterocycles. The average Bonchev–Trinajstić information content (AvgIpc) is 2.23. The first kappa shape index (κ1) is 12.6. The number of nitrogens with two attached hydrogens (primary N) is 1. The Kier molecular flexibility index (Phi) is 4.92. The summed E-state index contributed by atoms with van der Waals surface area (Å²) in [5.41, 5.74) is 7.41. The maximum absolute atomic E-state index is 9.14. The van der Waals surface area contributed by atoms with E-state index in [0.29, 0.717) is 31.0 Å². The van der Waals surface area contributed by atoms with Gasteiger partial charge in [0, 0.05) is 6.54 Å². The highest BCUT2D eigenvalue weighted by Gasteiger charge is 2.05. The predicted octanol–water partition coefficient (Wildman–Crippen LogP) is 1.85. The van der Waals surface area contributed by atoms with Crippen LogP contribution in [0.2, 0.25) is 0 Å². The molecule has 1 unspecified atom stereocenters. The van der Waals surface area contributed by atoms with Crippen molar-refractivity contribution in [1.29, 1.82) is 0 Å². The summed E-state index contributed by atoms with van der Waals surface area (Å²) >= 11 is 0. The molecule has 0 spiro atoms. The zero-order chi connectivity index (χ0) is 12.0. The van der Waals surface area contributed by atoms with Gasteiger partial charge >= 0.3 is 0 Å². The fraction of sp³-hybridized carbons (Fsp3) is 0.500. The SMILES string of the molecule is CCOc1cccc(NCCC(C)O)c1N. The molecule has 0 amide bonds. The van der Waals surface area contributed by atoms with Crippen molar-refractivity contribution in [3.05, 3.63) is 18.2 Å². The molecular formula is C12H20N2O2. The fourth-order valence-electron chi connectivity index (χ4n) is 1.40. The summed E-state index contributed by atoms with van der Waals surface area (Å²) < 4.78 is 5.39. The van der Waals surface area contributed by atoms with Crippen molar-refractivity contribution in [3.8, 4) is 5.75 Å². The highest BCUT2D eigenvalue weighted by molar-refractivity contribution is 5.72. The number of hydrogen-bond acceptors (Lipinski definition) is 4. The lowest BCUT2D eigenvalue weighted by Gasteiger charge is -2.13. The molecule has 0 bridgehead atoms. The molecule has 90 valence electrons. The van der Waals surface area contributed by atoms with E-state index in [1.165, 1.54) is 0 Å². The summed E-state index contributed by atoms with van der Waals surface area (Å²) in [6.45, 7) is 4.98. The number of rotatable bonds is 6. The van der Waals surface area contributed by atoms with Gasteiger partial charge in [-0.15, -0.1) is 0 Å². The summed E-state index contributed by atoms with van der Waals surface area (Å²) in [7, 11) is 0. The van der Waals surface area contributed by atoms with E-state index in [9.17, 15) is 0 Å². The number of nitrogens with one attached hydrogen (secondary N) is 1. The first-order chi connectivity index (χ1) is 7.65. The van der Waals surface area contributed by atoms with Gasteiger partial charge in [0.2, 0.25) is 0 Å². The van der Waals surface area contributed by atoms with Crippen LogP contribution in [0.4, 0.5) is 11.4 Å². The minimum absolute atomic E-state index is 0.302. The molecule has 0 aliphatic heterocycles. The predicted molar refractivity (Wildman–Crippen MR) is 66.8 cm³/mol. The van der Waals surface area contributed by atoms with E-state index in [4.69, 9.17) is 15.6 Å². The minimum atomic E-state index is -0.302. The smallest absolute Gasteiger partial charge is 0.144 e. The third kappa shape index (κ3) is 3.62. The van der Waals surface area contributed by atoms with E-state index in [1.54, 1.807) is 6.92 Å². The van der Waals surface area contributed by atoms with Gasteiger partial charge in [-0.1, -0.05) is 6.07 Å². The summed E-state index contributed by atoms with van der Waals surface area (Å²) in [6, 6.07) is 5.64. The van der Waals surface area contributed by atoms with Crippen LogP contribution in [0.25, 0.3) is 0 Å². The van der Waals surface area contributed by atoms with Crippen LogP contribution in [0, 0.1) is 0 Å². The summed E-state index contributed by atoms with van der Waals surface area (Å²) in [5, 5.41) is 12.3. The lowest BCUT2D eigenvalue weighted by atomic mass is 10.2. The van der Waals surface area contributed by atoms with Gasteiger partial charge in [0.15, 0.2) is 0 Å². The fourth-order valence-corrected chi connectivity index (χ4v) is 1.40. The molecule has 0 aliphatic rings. The number of aliphatic hydroxyl groups excluding tert-OH is 1. The highest BCUT2D eigenvalue weighted by atomic mass is 16.5. The van der Waals surface area contributed by atoms with Crippen molar-refractivity contribution in [2.24, 2.45) is 0 Å². The summed E-state index contributed by atoms with van der Waals surface area (Å²) in [6.07, 6.45) is 0.391. The second-order valence-electron chi connectivity index (χ2n) is 3.71. The summed E-state index contributed by atoms with van der Waals surface area (Å²) in [5.74, 6) is 0.699. The van der Waals surface area contributed by atoms with Crippen LogP contribution in [0.15, 0.2) is 18.2 Å². The maximum atomic E-state index is 9.14. The van der Waals surface area contributed by atoms with Crippen molar-refractivity contribution in [1.82, 2.24) is 0 Å². The first-order valence-corrected chi connectivity index (χ1v) is 5.58. The largest absolute Gasteiger partial charge is 0.492 e. The molecule has 0 radical (unpaired) electrons. The number of anilines is 2. The first-order valence-electron chi connectivity index (χ1n) is 5.58. The Hall–Kier alpha value is -1.42. The quantitative estimate of drug-likeness (QED) is 0.645. The molecule has 0 saturated carbocycles. The van der Waals surface area contributed by atoms with Crippen molar-refractivity contribution in [2.75, 3.05) is 24.2 Å². The van der Waals surface area contributed by atoms with Crippen molar-refractivity contribution in [2.45, 2.75) is 26.4 Å². The average molecular weight is 224 g/mol. The van der Waals surface area contributed by atoms with Gasteiger partial charge in [0.25, 0.3) is 0 Å². The lowest BCUT2D eigenvalue weighted by molar-refractivity contribution is 0.189. The number of para-hydroxylation sites is 1. The van der Waals surface area contributed by atoms with E-state index >= 15 is 0 Å². The van der Waals surface area contributed by atoms with Gasteiger partial charge in [-0.3, -0.25) is 0 Å². The molecule has 1 aromatic carbocycles. The monoisotopic (exact) mass is 224 g/mol. The van der Waals surface area contributed by atoms with Crippen LogP contribution < -0.4 is 15.8 Å². The number of ether oxygens (including phenoxy) is 1. The molecule has 0 fully saturated rings. The van der Waals surface area contributed by atoms with Gasteiger partial charge < -0.3 is 20.9 Å². The molecule has 4 nitrogen and oxygen atoms in total. The Balaban J connectivity index is 2.62. The Bertz CT molecular complexity index is 327. The van der Waals surface area contributed by atoms with E-state index in [2.05, 4.69) is 5.32 Å². The molecule has 1 atom stereocenters. The van der Waals surface area contributed by atoms with Gasteiger partial charge in [0.05, 0.1) is 24.1 Å². The Labute approximate surface area is 96.4 Å². The van der Waals surface area contributed by atoms with Crippen LogP contribution >= 0.6 is 0 Å². The third-order valence-electron chi connectivity index (χ3n) is 2.24. The van der Waals surface area contributed by atoms with Crippen LogP contribution in [-0.4, -0.2) is 24.4 Å². The van der Waals surface area contributed by atoms with Gasteiger partial charge in [0.1, 0.15) is 5.75 Å². The highest BCUT2D eigenvalue weighted by Crippen LogP contribution is 2.29. The molecule has 16 heavy (non-hydrogen) atoms. The molecule has 1 rings (SSSR count). The second-order valence-corrected chi connectivity index (χ2v) is 3.71. The second kappa shape index (κ2) is 6.23. The molecule has 0 aromatic heterocycles. The molecule has 4 N–H and O–H groups in total. The summed E-state index contributed by atoms with van der Waals surface area (Å²) in [4.78, 5) is 0. The molecule has 1 aromatic rings. The van der Waals surface area contributed by atoms with E-state index in [0.717, 1.165) is 5.69 Å². The van der Waals surface area contributed by atoms with E-state index in [1.807, 2.05) is 25.1 Å². The minimum Gasteiger partial charge on any atom is -0.492 e. The molecule has 4 heteroatoms. The Morgan fingerprint density at radius 1 is 1.50 bits per heavy atom. The van der Waals surface area contributed by atoms with Gasteiger partial charge in [-0.2, -0.15) is 0 Å². The Morgan fingerprint density at radius 2 is 2.25 bits per heavy atom. The maximum Gasteiger partial charge on any atom is 0.144 e. The zero-order valence-electron chi connectivity index (χ0n) is 9.86. The zero-order valence-corrected chi connectivity index (χ0v) is 9.86. The van der Waals surface area contributed by atoms with E-state index < -0.39 is 0 Å². The van der Waals surface area contributed by atoms with Crippen molar-refractivity contribution in [3.63, 3.8) is 0 Å². The number of aliphatic hydroxyl groups is 1. The topological polar surface area (TPSA) is 67.5 Å². The number of hydrogen-bond donors (Lipinski definition) is 3. The van der Waals surface area contributed by atoms with Crippen molar-refractivity contribution >= 4 is 11.4 Å². The van der Waals surface area contributed by atoms with E-state index in [-0.39, 0.29) is 6.10 Å². The van der Waals surface area contributed by atoms with Gasteiger partial charge in [-0.05, 0) is 32.4 Å². The van der Waals surface area contributed by atoms with Crippen molar-refractivity contribution < 1.29 is 9.84 Å². The van der Waals surface area contributed by atoms with Crippen LogP contribution in [-0.2, 0) is 0 Å². The van der Waals surface area contributed by atoms with Crippen LogP contribution in [0.5, 0.6) is 5.75 Å². The Morgan fingerprint density at radius 3 is 2.88 bits per heavy atom. The number of nitrogen functional groups attached to an aromatic ring is 1. The van der Waals surface area contributed by atoms with Gasteiger partial charge in [-0.25, -0.2) is 0 Å². The van der Waals surface area contributed by atoms with Crippen LogP contribution in [0.3, 0.4) is 0 Å². The third-order valence-corrected chi connectivity index (χ3v) is 2.24. The standard InChI is InChI=1S/C12H20N2O2/c1-3-16-11-6-4-5-10(12(11)13)14-8-7-9(2)15/h4-6,9,14-15H,3,7-8,13H2,1-2H3. The number of benzene rings is 1. The molecule has 0 aliphatic carbocycles. The van der Waals surface area contributed by atoms with Crippen LogP contribution in [0.1, 0.15) is 20.3 Å².